The second-order valence-electron chi connectivity index (χ2n) is 3.92. The number of pyridine rings is 1. The van der Waals surface area contributed by atoms with Crippen LogP contribution in [0.15, 0.2) is 47.4 Å². The number of rotatable bonds is 2. The van der Waals surface area contributed by atoms with Gasteiger partial charge in [-0.15, -0.1) is 0 Å². The van der Waals surface area contributed by atoms with Crippen LogP contribution in [0.5, 0.6) is 0 Å². The predicted octanol–water partition coefficient (Wildman–Crippen LogP) is 2.61. The van der Waals surface area contributed by atoms with E-state index in [9.17, 15) is 4.79 Å². The molecule has 0 saturated carbocycles. The van der Waals surface area contributed by atoms with Gasteiger partial charge in [-0.2, -0.15) is 0 Å². The summed E-state index contributed by atoms with van der Waals surface area (Å²) in [5.74, 6) is 0. The number of hydrogen-bond acceptors (Lipinski definition) is 1. The van der Waals surface area contributed by atoms with Crippen LogP contribution in [0, 0.1) is 0 Å². The summed E-state index contributed by atoms with van der Waals surface area (Å²) in [4.78, 5) is 11.3. The van der Waals surface area contributed by atoms with Crippen LogP contribution in [0.1, 0.15) is 12.5 Å². The van der Waals surface area contributed by atoms with Crippen LogP contribution in [0.25, 0.3) is 11.1 Å². The Bertz CT molecular complexity index is 537. The molecule has 0 unspecified atom stereocenters. The molecular weight excluding hydrogens is 198 g/mol. The molecule has 1 aromatic heterocycles. The second kappa shape index (κ2) is 4.35. The molecule has 1 aromatic carbocycles. The van der Waals surface area contributed by atoms with Gasteiger partial charge in [-0.25, -0.2) is 0 Å². The number of aromatic nitrogens is 1. The average molecular weight is 213 g/mol. The molecule has 0 aliphatic heterocycles. The molecule has 0 amide bonds. The van der Waals surface area contributed by atoms with Gasteiger partial charge in [-0.1, -0.05) is 31.2 Å². The van der Waals surface area contributed by atoms with Gasteiger partial charge >= 0.3 is 0 Å². The summed E-state index contributed by atoms with van der Waals surface area (Å²) in [5, 5.41) is 0. The molecule has 0 N–H and O–H groups in total. The Morgan fingerprint density at radius 3 is 2.19 bits per heavy atom. The highest BCUT2D eigenvalue weighted by atomic mass is 16.1. The third kappa shape index (κ3) is 2.06. The molecular formula is C14H15NO. The molecule has 2 nitrogen and oxygen atoms in total. The molecule has 2 heteroatoms. The molecule has 0 bridgehead atoms. The SMILES string of the molecule is CCc1ccc(-c2ccc(=O)n(C)c2)cc1. The first-order valence-electron chi connectivity index (χ1n) is 5.46. The van der Waals surface area contributed by atoms with Gasteiger partial charge in [0.2, 0.25) is 5.56 Å². The smallest absolute Gasteiger partial charge is 0.250 e. The second-order valence-corrected chi connectivity index (χ2v) is 3.92. The summed E-state index contributed by atoms with van der Waals surface area (Å²) in [6.07, 6.45) is 2.91. The number of benzene rings is 1. The Morgan fingerprint density at radius 1 is 1.00 bits per heavy atom. The summed E-state index contributed by atoms with van der Waals surface area (Å²) in [6.45, 7) is 2.14. The van der Waals surface area contributed by atoms with Crippen LogP contribution in [0.4, 0.5) is 0 Å². The number of aryl methyl sites for hydroxylation is 2. The molecule has 2 aromatic rings. The molecule has 1 heterocycles. The summed E-state index contributed by atoms with van der Waals surface area (Å²) in [7, 11) is 1.77. The molecule has 0 saturated heterocycles. The molecule has 82 valence electrons. The van der Waals surface area contributed by atoms with E-state index in [1.807, 2.05) is 12.3 Å². The Labute approximate surface area is 95.2 Å². The van der Waals surface area contributed by atoms with Gasteiger partial charge in [-0.05, 0) is 29.2 Å². The van der Waals surface area contributed by atoms with Crippen LogP contribution >= 0.6 is 0 Å². The van der Waals surface area contributed by atoms with E-state index in [0.717, 1.165) is 17.5 Å². The van der Waals surface area contributed by atoms with Gasteiger partial charge in [0.25, 0.3) is 0 Å². The van der Waals surface area contributed by atoms with E-state index in [2.05, 4.69) is 31.2 Å². The zero-order chi connectivity index (χ0) is 11.5. The Hall–Kier alpha value is -1.83. The van der Waals surface area contributed by atoms with Crippen LogP contribution in [-0.4, -0.2) is 4.57 Å². The molecule has 0 fully saturated rings. The monoisotopic (exact) mass is 213 g/mol. The van der Waals surface area contributed by atoms with E-state index >= 15 is 0 Å². The maximum Gasteiger partial charge on any atom is 0.250 e. The van der Waals surface area contributed by atoms with Crippen molar-refractivity contribution < 1.29 is 0 Å². The topological polar surface area (TPSA) is 22.0 Å². The van der Waals surface area contributed by atoms with Crippen LogP contribution in [0.2, 0.25) is 0 Å². The Morgan fingerprint density at radius 2 is 1.62 bits per heavy atom. The largest absolute Gasteiger partial charge is 0.318 e. The molecule has 0 aliphatic carbocycles. The Kier molecular flexibility index (Phi) is 2.91. The number of nitrogens with zero attached hydrogens (tertiary/aromatic N) is 1. The van der Waals surface area contributed by atoms with Crippen LogP contribution < -0.4 is 5.56 Å². The lowest BCUT2D eigenvalue weighted by molar-refractivity contribution is 0.862. The highest BCUT2D eigenvalue weighted by molar-refractivity contribution is 5.62. The summed E-state index contributed by atoms with van der Waals surface area (Å²) in [6, 6.07) is 11.9. The van der Waals surface area contributed by atoms with Crippen molar-refractivity contribution in [2.24, 2.45) is 7.05 Å². The van der Waals surface area contributed by atoms with Crippen molar-refractivity contribution >= 4 is 0 Å². The first kappa shape index (κ1) is 10.7. The highest BCUT2D eigenvalue weighted by Crippen LogP contribution is 2.18. The van der Waals surface area contributed by atoms with Crippen molar-refractivity contribution in [2.45, 2.75) is 13.3 Å². The average Bonchev–Trinajstić information content (AvgIpc) is 2.33. The first-order chi connectivity index (χ1) is 7.70. The third-order valence-corrected chi connectivity index (χ3v) is 2.78. The molecule has 16 heavy (non-hydrogen) atoms. The summed E-state index contributed by atoms with van der Waals surface area (Å²) in [5.41, 5.74) is 3.57. The van der Waals surface area contributed by atoms with E-state index in [0.29, 0.717) is 0 Å². The minimum absolute atomic E-state index is 0.0222. The van der Waals surface area contributed by atoms with Gasteiger partial charge in [-0.3, -0.25) is 4.79 Å². The fourth-order valence-corrected chi connectivity index (χ4v) is 1.70. The minimum atomic E-state index is 0.0222. The highest BCUT2D eigenvalue weighted by Gasteiger charge is 1.99. The van der Waals surface area contributed by atoms with E-state index in [1.54, 1.807) is 17.7 Å². The van der Waals surface area contributed by atoms with Crippen molar-refractivity contribution in [2.75, 3.05) is 0 Å². The quantitative estimate of drug-likeness (QED) is 0.751. The molecule has 0 atom stereocenters. The maximum atomic E-state index is 11.3. The van der Waals surface area contributed by atoms with Crippen molar-refractivity contribution in [3.05, 3.63) is 58.5 Å². The zero-order valence-corrected chi connectivity index (χ0v) is 9.60. The lowest BCUT2D eigenvalue weighted by Crippen LogP contribution is -2.13. The summed E-state index contributed by atoms with van der Waals surface area (Å²) < 4.78 is 1.60. The molecule has 0 aliphatic rings. The van der Waals surface area contributed by atoms with E-state index in [1.165, 1.54) is 5.56 Å². The lowest BCUT2D eigenvalue weighted by atomic mass is 10.0. The van der Waals surface area contributed by atoms with Crippen molar-refractivity contribution in [1.29, 1.82) is 0 Å². The van der Waals surface area contributed by atoms with Crippen LogP contribution in [-0.2, 0) is 13.5 Å². The van der Waals surface area contributed by atoms with Gasteiger partial charge in [0.05, 0.1) is 0 Å². The van der Waals surface area contributed by atoms with E-state index in [4.69, 9.17) is 0 Å². The van der Waals surface area contributed by atoms with Gasteiger partial charge in [0.1, 0.15) is 0 Å². The van der Waals surface area contributed by atoms with E-state index in [-0.39, 0.29) is 5.56 Å². The third-order valence-electron chi connectivity index (χ3n) is 2.78. The van der Waals surface area contributed by atoms with Gasteiger partial charge in [0, 0.05) is 19.3 Å². The normalized spacial score (nSPS) is 10.4. The minimum Gasteiger partial charge on any atom is -0.318 e. The lowest BCUT2D eigenvalue weighted by Gasteiger charge is -2.04. The Balaban J connectivity index is 2.42. The van der Waals surface area contributed by atoms with Crippen LogP contribution in [0.3, 0.4) is 0 Å². The fraction of sp³-hybridized carbons (Fsp3) is 0.214. The zero-order valence-electron chi connectivity index (χ0n) is 9.60. The van der Waals surface area contributed by atoms with Gasteiger partial charge in [0.15, 0.2) is 0 Å². The van der Waals surface area contributed by atoms with E-state index < -0.39 is 0 Å². The predicted molar refractivity (Wildman–Crippen MR) is 66.5 cm³/mol. The van der Waals surface area contributed by atoms with Crippen molar-refractivity contribution in [1.82, 2.24) is 4.57 Å². The van der Waals surface area contributed by atoms with Gasteiger partial charge < -0.3 is 4.57 Å². The standard InChI is InChI=1S/C14H15NO/c1-3-11-4-6-12(7-5-11)13-8-9-14(16)15(2)10-13/h4-10H,3H2,1-2H3. The first-order valence-corrected chi connectivity index (χ1v) is 5.46. The molecule has 0 radical (unpaired) electrons. The maximum absolute atomic E-state index is 11.3. The fourth-order valence-electron chi connectivity index (χ4n) is 1.70. The number of hydrogen-bond donors (Lipinski definition) is 0. The van der Waals surface area contributed by atoms with Crippen molar-refractivity contribution in [3.8, 4) is 11.1 Å². The molecule has 0 spiro atoms. The molecule has 2 rings (SSSR count). The summed E-state index contributed by atoms with van der Waals surface area (Å²) >= 11 is 0. The van der Waals surface area contributed by atoms with Crippen molar-refractivity contribution in [3.63, 3.8) is 0 Å².